The fourth-order valence-corrected chi connectivity index (χ4v) is 3.78. The van der Waals surface area contributed by atoms with E-state index in [9.17, 15) is 20.2 Å². The summed E-state index contributed by atoms with van der Waals surface area (Å²) in [6.07, 6.45) is 0. The van der Waals surface area contributed by atoms with Gasteiger partial charge >= 0.3 is 0 Å². The van der Waals surface area contributed by atoms with Gasteiger partial charge in [-0.3, -0.25) is 20.2 Å². The van der Waals surface area contributed by atoms with Gasteiger partial charge in [-0.15, -0.1) is 23.2 Å². The maximum absolute atomic E-state index is 10.9. The van der Waals surface area contributed by atoms with E-state index in [1.54, 1.807) is 12.1 Å². The van der Waals surface area contributed by atoms with E-state index in [1.165, 1.54) is 18.2 Å². The lowest BCUT2D eigenvalue weighted by atomic mass is 10.1. The van der Waals surface area contributed by atoms with Crippen LogP contribution in [0.5, 0.6) is 0 Å². The van der Waals surface area contributed by atoms with Gasteiger partial charge in [-0.1, -0.05) is 32.9 Å². The Morgan fingerprint density at radius 2 is 1.24 bits per heavy atom. The maximum Gasteiger partial charge on any atom is 0.270 e. The van der Waals surface area contributed by atoms with E-state index < -0.39 is 18.2 Å². The van der Waals surface area contributed by atoms with Crippen LogP contribution >= 0.6 is 23.2 Å². The smallest absolute Gasteiger partial charge is 0.270 e. The summed E-state index contributed by atoms with van der Waals surface area (Å²) in [5, 5.41) is 30.2. The second kappa shape index (κ2) is 12.4. The Bertz CT molecular complexity index is 958. The van der Waals surface area contributed by atoms with E-state index >= 15 is 0 Å². The summed E-state index contributed by atoms with van der Waals surface area (Å²) in [4.78, 5) is 20.4. The molecule has 2 aromatic rings. The zero-order chi connectivity index (χ0) is 25.4. The van der Waals surface area contributed by atoms with Gasteiger partial charge in [0.2, 0.25) is 0 Å². The van der Waals surface area contributed by atoms with Crippen molar-refractivity contribution in [1.82, 2.24) is 0 Å². The molecule has 0 aromatic heterocycles. The van der Waals surface area contributed by atoms with Gasteiger partial charge in [-0.05, 0) is 40.4 Å². The molecule has 2 rings (SSSR count). The Kier molecular flexibility index (Phi) is 10.9. The van der Waals surface area contributed by atoms with Crippen LogP contribution in [0.2, 0.25) is 18.1 Å². The van der Waals surface area contributed by atoms with Crippen molar-refractivity contribution in [3.63, 3.8) is 0 Å². The van der Waals surface area contributed by atoms with Crippen LogP contribution in [0.1, 0.15) is 43.0 Å². The molecule has 0 saturated heterocycles. The molecule has 0 saturated carbocycles. The third kappa shape index (κ3) is 9.02. The fraction of sp³-hybridized carbons (Fsp3) is 0.455. The van der Waals surface area contributed by atoms with Crippen LogP contribution < -0.4 is 0 Å². The maximum atomic E-state index is 10.9. The molecule has 0 radical (unpaired) electrons. The Hall–Kier alpha value is -2.04. The molecule has 0 aliphatic carbocycles. The zero-order valence-electron chi connectivity index (χ0n) is 19.4. The van der Waals surface area contributed by atoms with Crippen LogP contribution in [0.15, 0.2) is 36.4 Å². The number of non-ortho nitro benzene ring substituents is 2. The Morgan fingerprint density at radius 3 is 1.61 bits per heavy atom. The summed E-state index contributed by atoms with van der Waals surface area (Å²) in [7, 11) is -1.86. The topological polar surface area (TPSA) is 116 Å². The lowest BCUT2D eigenvalue weighted by Crippen LogP contribution is -2.40. The largest absolute Gasteiger partial charge is 0.413 e. The third-order valence-corrected chi connectivity index (χ3v) is 10.5. The number of aliphatic hydroxyl groups is 1. The van der Waals surface area contributed by atoms with Crippen molar-refractivity contribution in [2.24, 2.45) is 0 Å². The SMILES string of the molecule is CC(C)(C)[Si](C)(C)OCc1cc(CCl)cc([N+](=O)[O-])c1.O=[N+]([O-])c1cc(CO)cc(CCl)c1. The number of hydrogen-bond donors (Lipinski definition) is 1. The lowest BCUT2D eigenvalue weighted by molar-refractivity contribution is -0.385. The van der Waals surface area contributed by atoms with Gasteiger partial charge in [0.05, 0.1) is 23.1 Å². The van der Waals surface area contributed by atoms with E-state index in [2.05, 4.69) is 33.9 Å². The fourth-order valence-electron chi connectivity index (χ4n) is 2.51. The Labute approximate surface area is 204 Å². The van der Waals surface area contributed by atoms with E-state index in [-0.39, 0.29) is 34.8 Å². The molecule has 2 aromatic carbocycles. The molecule has 182 valence electrons. The molecule has 0 amide bonds. The van der Waals surface area contributed by atoms with Crippen molar-refractivity contribution in [3.8, 4) is 0 Å². The molecule has 33 heavy (non-hydrogen) atoms. The average molecular weight is 517 g/mol. The number of halogens is 2. The van der Waals surface area contributed by atoms with Crippen molar-refractivity contribution in [3.05, 3.63) is 78.9 Å². The molecule has 0 aliphatic rings. The molecule has 0 aliphatic heterocycles. The van der Waals surface area contributed by atoms with Crippen molar-refractivity contribution in [2.45, 2.75) is 63.9 Å². The monoisotopic (exact) mass is 516 g/mol. The van der Waals surface area contributed by atoms with Crippen molar-refractivity contribution < 1.29 is 19.4 Å². The van der Waals surface area contributed by atoms with E-state index in [0.717, 1.165) is 11.1 Å². The molecule has 11 heteroatoms. The molecule has 0 unspecified atom stereocenters. The number of rotatable bonds is 8. The molecule has 0 fully saturated rings. The van der Waals surface area contributed by atoms with Crippen LogP contribution in [0.25, 0.3) is 0 Å². The van der Waals surface area contributed by atoms with Gasteiger partial charge in [-0.2, -0.15) is 0 Å². The van der Waals surface area contributed by atoms with Crippen molar-refractivity contribution >= 4 is 42.9 Å². The quantitative estimate of drug-likeness (QED) is 0.181. The molecule has 0 spiro atoms. The van der Waals surface area contributed by atoms with Gasteiger partial charge in [0, 0.05) is 36.0 Å². The molecule has 1 N–H and O–H groups in total. The van der Waals surface area contributed by atoms with E-state index in [1.807, 2.05) is 6.07 Å². The highest BCUT2D eigenvalue weighted by Gasteiger charge is 2.37. The summed E-state index contributed by atoms with van der Waals surface area (Å²) in [5.41, 5.74) is 2.72. The number of hydrogen-bond acceptors (Lipinski definition) is 6. The molecular formula is C22H30Cl2N2O6Si. The summed E-state index contributed by atoms with van der Waals surface area (Å²) >= 11 is 11.3. The number of aliphatic hydroxyl groups excluding tert-OH is 1. The van der Waals surface area contributed by atoms with Crippen LogP contribution in [0.4, 0.5) is 11.4 Å². The third-order valence-electron chi connectivity index (χ3n) is 5.39. The molecule has 0 bridgehead atoms. The molecule has 0 atom stereocenters. The lowest BCUT2D eigenvalue weighted by Gasteiger charge is -2.36. The number of nitro groups is 2. The molecular weight excluding hydrogens is 487 g/mol. The number of nitrogens with zero attached hydrogens (tertiary/aromatic N) is 2. The van der Waals surface area contributed by atoms with Crippen molar-refractivity contribution in [1.29, 1.82) is 0 Å². The van der Waals surface area contributed by atoms with Gasteiger partial charge in [0.25, 0.3) is 11.4 Å². The van der Waals surface area contributed by atoms with Crippen LogP contribution in [0, 0.1) is 20.2 Å². The summed E-state index contributed by atoms with van der Waals surface area (Å²) < 4.78 is 6.09. The van der Waals surface area contributed by atoms with Crippen molar-refractivity contribution in [2.75, 3.05) is 0 Å². The highest BCUT2D eigenvalue weighted by Crippen LogP contribution is 2.37. The standard InChI is InChI=1S/C14H22ClNO3Si.C8H8ClNO3/c1-14(2,3)20(4,5)19-10-12-6-11(9-15)7-13(8-12)16(17)18;9-4-6-1-7(5-11)3-8(2-6)10(12)13/h6-8H,9-10H2,1-5H3;1-3,11H,4-5H2. The summed E-state index contributed by atoms with van der Waals surface area (Å²) in [5.74, 6) is 0.462. The van der Waals surface area contributed by atoms with Crippen LogP contribution in [0.3, 0.4) is 0 Å². The van der Waals surface area contributed by atoms with Crippen LogP contribution in [-0.2, 0) is 29.4 Å². The summed E-state index contributed by atoms with van der Waals surface area (Å²) in [6, 6.07) is 9.29. The average Bonchev–Trinajstić information content (AvgIpc) is 2.76. The van der Waals surface area contributed by atoms with Gasteiger partial charge in [0.1, 0.15) is 0 Å². The second-order valence-corrected chi connectivity index (χ2v) is 14.3. The minimum absolute atomic E-state index is 0.0396. The predicted octanol–water partition coefficient (Wildman–Crippen LogP) is 6.68. The van der Waals surface area contributed by atoms with Crippen LogP contribution in [-0.4, -0.2) is 23.3 Å². The number of nitro benzene ring substituents is 2. The second-order valence-electron chi connectivity index (χ2n) is 9.00. The Balaban J connectivity index is 0.000000361. The summed E-state index contributed by atoms with van der Waals surface area (Å²) in [6.45, 7) is 11.0. The van der Waals surface area contributed by atoms with Gasteiger partial charge in [0.15, 0.2) is 8.32 Å². The first kappa shape index (κ1) is 29.0. The molecule has 0 heterocycles. The van der Waals surface area contributed by atoms with E-state index in [4.69, 9.17) is 32.7 Å². The highest BCUT2D eigenvalue weighted by atomic mass is 35.5. The Morgan fingerprint density at radius 1 is 0.848 bits per heavy atom. The van der Waals surface area contributed by atoms with Gasteiger partial charge in [-0.25, -0.2) is 0 Å². The first-order chi connectivity index (χ1) is 15.2. The minimum atomic E-state index is -1.86. The number of alkyl halides is 2. The first-order valence-corrected chi connectivity index (χ1v) is 14.1. The van der Waals surface area contributed by atoms with E-state index in [0.29, 0.717) is 17.7 Å². The van der Waals surface area contributed by atoms with Gasteiger partial charge < -0.3 is 9.53 Å². The number of benzene rings is 2. The first-order valence-electron chi connectivity index (χ1n) is 10.1. The highest BCUT2D eigenvalue weighted by molar-refractivity contribution is 6.74. The predicted molar refractivity (Wildman–Crippen MR) is 133 cm³/mol. The molecule has 8 nitrogen and oxygen atoms in total. The normalized spacial score (nSPS) is 11.5. The zero-order valence-corrected chi connectivity index (χ0v) is 21.9. The minimum Gasteiger partial charge on any atom is -0.413 e.